The molecule has 1 aromatic heterocycles. The number of piperidine rings is 1. The van der Waals surface area contributed by atoms with E-state index in [1.165, 1.54) is 0 Å². The molecule has 2 heterocycles. The van der Waals surface area contributed by atoms with Gasteiger partial charge < -0.3 is 34.7 Å². The Morgan fingerprint density at radius 2 is 2.10 bits per heavy atom. The fourth-order valence-corrected chi connectivity index (χ4v) is 3.62. The summed E-state index contributed by atoms with van der Waals surface area (Å²) in [6.45, 7) is 5.78. The first-order chi connectivity index (χ1) is 15.0. The van der Waals surface area contributed by atoms with Crippen LogP contribution in [0.5, 0.6) is 5.75 Å². The molecule has 1 aliphatic heterocycles. The molecule has 9 nitrogen and oxygen atoms in total. The molecule has 0 spiro atoms. The molecule has 3 rings (SSSR count). The zero-order valence-electron chi connectivity index (χ0n) is 18.1. The molecule has 1 saturated heterocycles. The van der Waals surface area contributed by atoms with Crippen molar-refractivity contribution in [3.05, 3.63) is 36.0 Å². The lowest BCUT2D eigenvalue weighted by molar-refractivity contribution is 0.0964. The molecule has 0 radical (unpaired) electrons. The Hall–Kier alpha value is -3.01. The molecule has 31 heavy (non-hydrogen) atoms. The Balaban J connectivity index is 1.56. The number of nitrogens with one attached hydrogen (secondary N) is 3. The molecule has 1 amide bonds. The normalized spacial score (nSPS) is 14.1. The first-order valence-corrected chi connectivity index (χ1v) is 10.7. The number of carbonyl (C=O) groups excluding carboxylic acids is 1. The van der Waals surface area contributed by atoms with E-state index in [2.05, 4.69) is 20.9 Å². The summed E-state index contributed by atoms with van der Waals surface area (Å²) in [5.41, 5.74) is 1.65. The van der Waals surface area contributed by atoms with E-state index in [0.717, 1.165) is 30.0 Å². The maximum absolute atomic E-state index is 11.8. The van der Waals surface area contributed by atoms with Crippen LogP contribution in [0.3, 0.4) is 0 Å². The highest BCUT2D eigenvalue weighted by Crippen LogP contribution is 2.28. The number of anilines is 2. The topological polar surface area (TPSA) is 101 Å². The number of amides is 1. The van der Waals surface area contributed by atoms with E-state index in [4.69, 9.17) is 26.1 Å². The monoisotopic (exact) mass is 447 g/mol. The average Bonchev–Trinajstić information content (AvgIpc) is 3.18. The molecule has 1 aliphatic rings. The van der Waals surface area contributed by atoms with Gasteiger partial charge >= 0.3 is 6.09 Å². The quantitative estimate of drug-likeness (QED) is 0.550. The minimum Gasteiger partial charge on any atom is -0.497 e. The Kier molecular flexibility index (Phi) is 7.94. The molecule has 0 unspecified atom stereocenters. The molecule has 0 aliphatic carbocycles. The van der Waals surface area contributed by atoms with Crippen molar-refractivity contribution in [3.63, 3.8) is 0 Å². The third kappa shape index (κ3) is 6.48. The molecule has 2 aromatic rings. The summed E-state index contributed by atoms with van der Waals surface area (Å²) < 4.78 is 15.9. The first kappa shape index (κ1) is 22.7. The molecule has 0 bridgehead atoms. The van der Waals surface area contributed by atoms with Crippen molar-refractivity contribution in [2.24, 2.45) is 0 Å². The van der Waals surface area contributed by atoms with Crippen molar-refractivity contribution in [1.82, 2.24) is 15.2 Å². The third-order valence-corrected chi connectivity index (χ3v) is 5.17. The van der Waals surface area contributed by atoms with Crippen LogP contribution in [0.1, 0.15) is 31.4 Å². The number of aromatic nitrogens is 1. The smallest absolute Gasteiger partial charge is 0.409 e. The fraction of sp³-hybridized carbons (Fsp3) is 0.476. The average molecular weight is 448 g/mol. The van der Waals surface area contributed by atoms with Gasteiger partial charge in [-0.15, -0.1) is 0 Å². The lowest BCUT2D eigenvalue weighted by atomic mass is 10.1. The second kappa shape index (κ2) is 10.9. The van der Waals surface area contributed by atoms with E-state index in [0.29, 0.717) is 43.0 Å². The van der Waals surface area contributed by atoms with Gasteiger partial charge in [-0.1, -0.05) is 0 Å². The molecule has 0 atom stereocenters. The van der Waals surface area contributed by atoms with E-state index in [9.17, 15) is 4.79 Å². The zero-order chi connectivity index (χ0) is 22.2. The van der Waals surface area contributed by atoms with Crippen molar-refractivity contribution in [3.8, 4) is 5.75 Å². The van der Waals surface area contributed by atoms with Gasteiger partial charge in [0.1, 0.15) is 11.5 Å². The fourth-order valence-electron chi connectivity index (χ4n) is 3.34. The van der Waals surface area contributed by atoms with Gasteiger partial charge in [0.15, 0.2) is 11.0 Å². The summed E-state index contributed by atoms with van der Waals surface area (Å²) in [6, 6.07) is 5.86. The number of hydrogen-bond donors (Lipinski definition) is 3. The summed E-state index contributed by atoms with van der Waals surface area (Å²) in [5, 5.41) is 10.5. The molecule has 3 N–H and O–H groups in total. The van der Waals surface area contributed by atoms with E-state index < -0.39 is 0 Å². The summed E-state index contributed by atoms with van der Waals surface area (Å²) in [5.74, 6) is 2.09. The SMILES string of the molecule is CCOC(=O)N1CCC(NC(=S)Nc2cc(OC)ccc2NCc2cnc(C)o2)CC1. The molecule has 0 saturated carbocycles. The molecule has 1 fully saturated rings. The van der Waals surface area contributed by atoms with Crippen molar-refractivity contribution in [1.29, 1.82) is 0 Å². The number of nitrogens with zero attached hydrogens (tertiary/aromatic N) is 2. The molecular weight excluding hydrogens is 418 g/mol. The van der Waals surface area contributed by atoms with Crippen LogP contribution in [0.2, 0.25) is 0 Å². The summed E-state index contributed by atoms with van der Waals surface area (Å²) >= 11 is 5.53. The van der Waals surface area contributed by atoms with Crippen LogP contribution in [0.15, 0.2) is 28.8 Å². The number of hydrogen-bond acceptors (Lipinski definition) is 7. The van der Waals surface area contributed by atoms with Crippen molar-refractivity contribution in [2.75, 3.05) is 37.4 Å². The van der Waals surface area contributed by atoms with E-state index in [-0.39, 0.29) is 12.1 Å². The van der Waals surface area contributed by atoms with Gasteiger partial charge in [-0.3, -0.25) is 0 Å². The highest BCUT2D eigenvalue weighted by atomic mass is 32.1. The predicted molar refractivity (Wildman–Crippen MR) is 123 cm³/mol. The van der Waals surface area contributed by atoms with E-state index in [1.54, 1.807) is 18.2 Å². The largest absolute Gasteiger partial charge is 0.497 e. The van der Waals surface area contributed by atoms with Gasteiger partial charge in [0.25, 0.3) is 0 Å². The van der Waals surface area contributed by atoms with Crippen LogP contribution in [0, 0.1) is 6.92 Å². The maximum Gasteiger partial charge on any atom is 0.409 e. The highest BCUT2D eigenvalue weighted by molar-refractivity contribution is 7.80. The van der Waals surface area contributed by atoms with Crippen LogP contribution in [0.25, 0.3) is 0 Å². The minimum absolute atomic E-state index is 0.185. The number of rotatable bonds is 7. The predicted octanol–water partition coefficient (Wildman–Crippen LogP) is 3.51. The number of aryl methyl sites for hydroxylation is 1. The highest BCUT2D eigenvalue weighted by Gasteiger charge is 2.24. The van der Waals surface area contributed by atoms with Gasteiger partial charge in [0, 0.05) is 32.1 Å². The van der Waals surface area contributed by atoms with Crippen molar-refractivity contribution < 1.29 is 18.7 Å². The molecule has 168 valence electrons. The van der Waals surface area contributed by atoms with Crippen LogP contribution in [-0.2, 0) is 11.3 Å². The number of likely N-dealkylation sites (tertiary alicyclic amines) is 1. The summed E-state index contributed by atoms with van der Waals surface area (Å²) in [7, 11) is 1.62. The van der Waals surface area contributed by atoms with Crippen LogP contribution in [0.4, 0.5) is 16.2 Å². The van der Waals surface area contributed by atoms with Gasteiger partial charge in [-0.2, -0.15) is 0 Å². The lowest BCUT2D eigenvalue weighted by Gasteiger charge is -2.32. The first-order valence-electron chi connectivity index (χ1n) is 10.3. The Morgan fingerprint density at radius 3 is 2.74 bits per heavy atom. The van der Waals surface area contributed by atoms with Gasteiger partial charge in [-0.25, -0.2) is 9.78 Å². The van der Waals surface area contributed by atoms with Crippen molar-refractivity contribution >= 4 is 34.8 Å². The Labute approximate surface area is 187 Å². The van der Waals surface area contributed by atoms with Gasteiger partial charge in [-0.05, 0) is 44.1 Å². The van der Waals surface area contributed by atoms with Crippen molar-refractivity contribution in [2.45, 2.75) is 39.3 Å². The summed E-state index contributed by atoms with van der Waals surface area (Å²) in [6.07, 6.45) is 3.05. The minimum atomic E-state index is -0.254. The Bertz CT molecular complexity index is 896. The summed E-state index contributed by atoms with van der Waals surface area (Å²) in [4.78, 5) is 17.7. The van der Waals surface area contributed by atoms with E-state index in [1.807, 2.05) is 32.0 Å². The van der Waals surface area contributed by atoms with Gasteiger partial charge in [0.2, 0.25) is 0 Å². The lowest BCUT2D eigenvalue weighted by Crippen LogP contribution is -2.47. The van der Waals surface area contributed by atoms with Gasteiger partial charge in [0.05, 0.1) is 37.8 Å². The maximum atomic E-state index is 11.8. The number of benzene rings is 1. The molecular formula is C21H29N5O4S. The number of oxazole rings is 1. The number of ether oxygens (including phenoxy) is 2. The van der Waals surface area contributed by atoms with Crippen LogP contribution >= 0.6 is 12.2 Å². The number of methoxy groups -OCH3 is 1. The zero-order valence-corrected chi connectivity index (χ0v) is 18.9. The Morgan fingerprint density at radius 1 is 1.32 bits per heavy atom. The van der Waals surface area contributed by atoms with Crippen LogP contribution in [-0.4, -0.2) is 53.9 Å². The van der Waals surface area contributed by atoms with E-state index >= 15 is 0 Å². The second-order valence-electron chi connectivity index (χ2n) is 7.17. The number of thiocarbonyl (C=S) groups is 1. The second-order valence-corrected chi connectivity index (χ2v) is 7.58. The standard InChI is InChI=1S/C21H29N5O4S/c1-4-29-21(27)26-9-7-15(8-10-26)24-20(31)25-19-11-16(28-3)5-6-18(19)23-13-17-12-22-14(2)30-17/h5-6,11-12,15,23H,4,7-10,13H2,1-3H3,(H2,24,25,31). The molecule has 10 heteroatoms. The molecule has 1 aromatic carbocycles. The van der Waals surface area contributed by atoms with Crippen LogP contribution < -0.4 is 20.7 Å². The third-order valence-electron chi connectivity index (χ3n) is 4.95. The number of carbonyl (C=O) groups is 1.